The van der Waals surface area contributed by atoms with Crippen molar-refractivity contribution >= 4 is 38.3 Å². The second-order valence-electron chi connectivity index (χ2n) is 10.8. The van der Waals surface area contributed by atoms with Crippen molar-refractivity contribution < 1.29 is 18.4 Å². The number of aromatic nitrogens is 3. The molecule has 1 aliphatic carbocycles. The van der Waals surface area contributed by atoms with Crippen molar-refractivity contribution in [3.8, 4) is 23.0 Å². The third kappa shape index (κ3) is 4.26. The average molecular weight is 533 g/mol. The van der Waals surface area contributed by atoms with Crippen LogP contribution in [0.5, 0.6) is 11.8 Å². The second-order valence-corrected chi connectivity index (χ2v) is 12.5. The lowest BCUT2D eigenvalue weighted by Gasteiger charge is -2.33. The van der Waals surface area contributed by atoms with Crippen molar-refractivity contribution in [1.82, 2.24) is 15.0 Å². The molecule has 9 heteroatoms. The van der Waals surface area contributed by atoms with Gasteiger partial charge in [-0.15, -0.1) is 0 Å². The molecule has 2 saturated heterocycles. The van der Waals surface area contributed by atoms with Crippen molar-refractivity contribution in [1.29, 1.82) is 0 Å². The van der Waals surface area contributed by atoms with Gasteiger partial charge >= 0.3 is 6.01 Å². The number of phenolic OH excluding ortho intramolecular Hbond substituents is 1. The normalized spacial score (nSPS) is 25.2. The number of fused-ring (bicyclic) bond motifs is 4. The average Bonchev–Trinajstić information content (AvgIpc) is 3.26. The first-order valence-electron chi connectivity index (χ1n) is 13.4. The molecule has 4 heterocycles. The fourth-order valence-corrected chi connectivity index (χ4v) is 7.67. The van der Waals surface area contributed by atoms with Gasteiger partial charge in [0.05, 0.1) is 5.39 Å². The highest BCUT2D eigenvalue weighted by molar-refractivity contribution is 7.85. The lowest BCUT2D eigenvalue weighted by atomic mass is 9.98. The molecule has 0 radical (unpaired) electrons. The van der Waals surface area contributed by atoms with Gasteiger partial charge in [0.2, 0.25) is 0 Å². The minimum atomic E-state index is -0.810. The molecule has 4 aromatic rings. The molecule has 2 aromatic heterocycles. The van der Waals surface area contributed by atoms with Gasteiger partial charge in [0.1, 0.15) is 28.9 Å². The maximum Gasteiger partial charge on any atom is 0.319 e. The molecule has 0 spiro atoms. The predicted molar refractivity (Wildman–Crippen MR) is 146 cm³/mol. The van der Waals surface area contributed by atoms with E-state index >= 15 is 4.39 Å². The van der Waals surface area contributed by atoms with Crippen LogP contribution in [0.25, 0.3) is 32.9 Å². The molecule has 0 amide bonds. The molecule has 38 heavy (non-hydrogen) atoms. The molecule has 7 nitrogen and oxygen atoms in total. The molecule has 2 atom stereocenters. The van der Waals surface area contributed by atoms with E-state index in [4.69, 9.17) is 9.72 Å². The Morgan fingerprint density at radius 3 is 2.55 bits per heavy atom. The Morgan fingerprint density at radius 1 is 1.00 bits per heavy atom. The number of rotatable bonds is 4. The standard InChI is InChI=1S/C29H29FN4O3S/c30-25-26(23-13-20(35)12-19-3-1-2-4-22(19)23)31-14-24-27(25)32-29(37-21-7-9-38(36)10-8-21)33-28(24)34-15-17-5-6-18(11-17)16-34/h1-4,12-14,17-18,21,35H,5-11,15-16H2. The fourth-order valence-electron chi connectivity index (χ4n) is 6.41. The molecule has 2 bridgehead atoms. The van der Waals surface area contributed by atoms with E-state index in [0.717, 1.165) is 23.9 Å². The van der Waals surface area contributed by atoms with E-state index in [1.165, 1.54) is 19.3 Å². The maximum absolute atomic E-state index is 16.4. The molecule has 2 aromatic carbocycles. The van der Waals surface area contributed by atoms with Gasteiger partial charge in [0.15, 0.2) is 5.82 Å². The minimum absolute atomic E-state index is 0.0471. The zero-order valence-corrected chi connectivity index (χ0v) is 21.8. The van der Waals surface area contributed by atoms with Crippen molar-refractivity contribution in [3.63, 3.8) is 0 Å². The number of hydrogen-bond donors (Lipinski definition) is 1. The van der Waals surface area contributed by atoms with E-state index in [9.17, 15) is 9.32 Å². The minimum Gasteiger partial charge on any atom is -0.508 e. The van der Waals surface area contributed by atoms with Gasteiger partial charge in [0.25, 0.3) is 0 Å². The van der Waals surface area contributed by atoms with Crippen molar-refractivity contribution in [2.75, 3.05) is 29.5 Å². The number of piperidine rings is 1. The lowest BCUT2D eigenvalue weighted by molar-refractivity contribution is 0.175. The number of phenols is 1. The monoisotopic (exact) mass is 532 g/mol. The smallest absolute Gasteiger partial charge is 0.319 e. The summed E-state index contributed by atoms with van der Waals surface area (Å²) in [7, 11) is -0.810. The Kier molecular flexibility index (Phi) is 5.91. The highest BCUT2D eigenvalue weighted by Gasteiger charge is 2.35. The Morgan fingerprint density at radius 2 is 1.76 bits per heavy atom. The van der Waals surface area contributed by atoms with Crippen LogP contribution in [0, 0.1) is 17.7 Å². The first-order valence-corrected chi connectivity index (χ1v) is 14.9. The highest BCUT2D eigenvalue weighted by atomic mass is 32.2. The Hall–Kier alpha value is -3.33. The largest absolute Gasteiger partial charge is 0.508 e. The van der Waals surface area contributed by atoms with Crippen LogP contribution in [0.15, 0.2) is 42.6 Å². The summed E-state index contributed by atoms with van der Waals surface area (Å²) in [5, 5.41) is 12.5. The summed E-state index contributed by atoms with van der Waals surface area (Å²) >= 11 is 0. The van der Waals surface area contributed by atoms with Gasteiger partial charge in [-0.3, -0.25) is 9.19 Å². The Labute approximate surface area is 222 Å². The third-order valence-corrected chi connectivity index (χ3v) is 9.64. The predicted octanol–water partition coefficient (Wildman–Crippen LogP) is 5.22. The number of anilines is 1. The summed E-state index contributed by atoms with van der Waals surface area (Å²) in [6.45, 7) is 1.76. The van der Waals surface area contributed by atoms with E-state index in [0.29, 0.717) is 53.0 Å². The van der Waals surface area contributed by atoms with Crippen LogP contribution in [0.2, 0.25) is 0 Å². The molecule has 3 aliphatic rings. The first kappa shape index (κ1) is 23.8. The zero-order chi connectivity index (χ0) is 25.8. The van der Waals surface area contributed by atoms with Crippen LogP contribution in [0.1, 0.15) is 32.1 Å². The van der Waals surface area contributed by atoms with Crippen LogP contribution in [0.3, 0.4) is 0 Å². The zero-order valence-electron chi connectivity index (χ0n) is 21.0. The van der Waals surface area contributed by atoms with E-state index in [1.807, 2.05) is 24.3 Å². The summed E-state index contributed by atoms with van der Waals surface area (Å²) in [5.41, 5.74) is 0.806. The summed E-state index contributed by atoms with van der Waals surface area (Å²) < 4.78 is 34.4. The Bertz CT molecular complexity index is 1560. The van der Waals surface area contributed by atoms with Crippen molar-refractivity contribution in [2.45, 2.75) is 38.2 Å². The van der Waals surface area contributed by atoms with Gasteiger partial charge in [-0.1, -0.05) is 24.3 Å². The quantitative estimate of drug-likeness (QED) is 0.386. The van der Waals surface area contributed by atoms with Gasteiger partial charge in [-0.2, -0.15) is 9.97 Å². The number of aromatic hydroxyl groups is 1. The van der Waals surface area contributed by atoms with Crippen LogP contribution >= 0.6 is 0 Å². The van der Waals surface area contributed by atoms with E-state index < -0.39 is 16.6 Å². The third-order valence-electron chi connectivity index (χ3n) is 8.26. The first-order chi connectivity index (χ1) is 18.5. The molecule has 1 N–H and O–H groups in total. The molecule has 2 unspecified atom stereocenters. The topological polar surface area (TPSA) is 88.4 Å². The summed E-state index contributed by atoms with van der Waals surface area (Å²) in [4.78, 5) is 16.2. The lowest BCUT2D eigenvalue weighted by Crippen LogP contribution is -2.37. The summed E-state index contributed by atoms with van der Waals surface area (Å²) in [6, 6.07) is 10.9. The molecular formula is C29H29FN4O3S. The summed E-state index contributed by atoms with van der Waals surface area (Å²) in [6.07, 6.45) is 6.51. The molecular weight excluding hydrogens is 503 g/mol. The van der Waals surface area contributed by atoms with Crippen molar-refractivity contribution in [3.05, 3.63) is 48.4 Å². The molecule has 2 aliphatic heterocycles. The van der Waals surface area contributed by atoms with E-state index in [1.54, 1.807) is 18.3 Å². The number of benzene rings is 2. The molecule has 7 rings (SSSR count). The highest BCUT2D eigenvalue weighted by Crippen LogP contribution is 2.41. The number of pyridine rings is 1. The fraction of sp³-hybridized carbons (Fsp3) is 0.414. The van der Waals surface area contributed by atoms with Gasteiger partial charge in [0, 0.05) is 47.2 Å². The summed E-state index contributed by atoms with van der Waals surface area (Å²) in [5.74, 6) is 2.57. The van der Waals surface area contributed by atoms with Crippen molar-refractivity contribution in [2.24, 2.45) is 11.8 Å². The van der Waals surface area contributed by atoms with Gasteiger partial charge < -0.3 is 14.7 Å². The van der Waals surface area contributed by atoms with Gasteiger partial charge in [-0.05, 0) is 66.8 Å². The maximum atomic E-state index is 16.4. The SMILES string of the molecule is O=S1CCC(Oc2nc(N3CC4CCC(C4)C3)c3cnc(-c4cc(O)cc5ccccc45)c(F)c3n2)CC1. The molecule has 3 fully saturated rings. The van der Waals surface area contributed by atoms with Crippen LogP contribution in [0.4, 0.5) is 10.2 Å². The van der Waals surface area contributed by atoms with Crippen LogP contribution in [-0.2, 0) is 10.8 Å². The second kappa shape index (κ2) is 9.45. The molecule has 196 valence electrons. The Balaban J connectivity index is 1.37. The van der Waals surface area contributed by atoms with Gasteiger partial charge in [-0.25, -0.2) is 4.39 Å². The number of ether oxygens (including phenoxy) is 1. The molecule has 1 saturated carbocycles. The van der Waals surface area contributed by atoms with Crippen LogP contribution in [-0.4, -0.2) is 55.0 Å². The number of nitrogens with zero attached hydrogens (tertiary/aromatic N) is 4. The van der Waals surface area contributed by atoms with E-state index in [-0.39, 0.29) is 29.1 Å². The van der Waals surface area contributed by atoms with E-state index in [2.05, 4.69) is 14.9 Å². The number of halogens is 1. The van der Waals surface area contributed by atoms with Crippen LogP contribution < -0.4 is 9.64 Å². The number of hydrogen-bond acceptors (Lipinski definition) is 7.